The Morgan fingerprint density at radius 2 is 2.46 bits per heavy atom. The Balaban J connectivity index is 2.29. The number of benzene rings is 1. The highest BCUT2D eigenvalue weighted by Crippen LogP contribution is 2.32. The topological polar surface area (TPSA) is 24.1 Å². The molecule has 2 rings (SSSR count). The first kappa shape index (κ1) is 9.03. The van der Waals surface area contributed by atoms with Crippen LogP contribution in [0.4, 0.5) is 5.69 Å². The summed E-state index contributed by atoms with van der Waals surface area (Å²) in [6.45, 7) is 2.09. The lowest BCUT2D eigenvalue weighted by Gasteiger charge is -2.08. The van der Waals surface area contributed by atoms with Crippen molar-refractivity contribution >= 4 is 21.6 Å². The Morgan fingerprint density at radius 3 is 3.23 bits per heavy atom. The van der Waals surface area contributed by atoms with Crippen molar-refractivity contribution in [2.24, 2.45) is 0 Å². The molecule has 0 bridgehead atoms. The summed E-state index contributed by atoms with van der Waals surface area (Å²) in [4.78, 5) is 0. The van der Waals surface area contributed by atoms with Crippen LogP contribution in [0.1, 0.15) is 11.5 Å². The van der Waals surface area contributed by atoms with Gasteiger partial charge in [-0.2, -0.15) is 0 Å². The first-order valence-electron chi connectivity index (χ1n) is 4.49. The van der Waals surface area contributed by atoms with Crippen LogP contribution < -0.4 is 10.6 Å². The van der Waals surface area contributed by atoms with Gasteiger partial charge in [0.2, 0.25) is 0 Å². The van der Waals surface area contributed by atoms with Gasteiger partial charge in [-0.05, 0) is 30.8 Å². The Labute approximate surface area is 86.9 Å². The predicted octanol–water partition coefficient (Wildman–Crippen LogP) is 2.18. The normalized spacial score (nSPS) is 19.7. The minimum atomic E-state index is 0.609. The third kappa shape index (κ3) is 1.71. The highest BCUT2D eigenvalue weighted by molar-refractivity contribution is 9.10. The summed E-state index contributed by atoms with van der Waals surface area (Å²) >= 11 is 3.50. The zero-order chi connectivity index (χ0) is 9.26. The van der Waals surface area contributed by atoms with Gasteiger partial charge in [0, 0.05) is 29.2 Å². The molecule has 0 fully saturated rings. The molecule has 0 saturated carbocycles. The van der Waals surface area contributed by atoms with Gasteiger partial charge in [0.15, 0.2) is 0 Å². The van der Waals surface area contributed by atoms with Gasteiger partial charge in [0.05, 0.1) is 0 Å². The van der Waals surface area contributed by atoms with Crippen LogP contribution in [-0.2, 0) is 0 Å². The number of hydrogen-bond donors (Lipinski definition) is 2. The number of hydrogen-bond acceptors (Lipinski definition) is 2. The molecule has 1 aliphatic heterocycles. The van der Waals surface area contributed by atoms with Crippen LogP contribution in [-0.4, -0.2) is 20.1 Å². The number of likely N-dealkylation sites (N-methyl/N-ethyl adjacent to an activating group) is 1. The number of nitrogens with one attached hydrogen (secondary N) is 2. The zero-order valence-corrected chi connectivity index (χ0v) is 9.19. The van der Waals surface area contributed by atoms with Gasteiger partial charge in [-0.3, -0.25) is 0 Å². The van der Waals surface area contributed by atoms with E-state index in [1.165, 1.54) is 11.3 Å². The molecule has 1 heterocycles. The van der Waals surface area contributed by atoms with Crippen LogP contribution >= 0.6 is 15.9 Å². The second-order valence-corrected chi connectivity index (χ2v) is 4.28. The Kier molecular flexibility index (Phi) is 2.56. The van der Waals surface area contributed by atoms with Crippen molar-refractivity contribution < 1.29 is 0 Å². The summed E-state index contributed by atoms with van der Waals surface area (Å²) < 4.78 is 1.16. The molecule has 0 radical (unpaired) electrons. The summed E-state index contributed by atoms with van der Waals surface area (Å²) in [6.07, 6.45) is 0. The lowest BCUT2D eigenvalue weighted by Crippen LogP contribution is -2.18. The highest BCUT2D eigenvalue weighted by Gasteiger charge is 2.20. The summed E-state index contributed by atoms with van der Waals surface area (Å²) in [5, 5.41) is 6.62. The smallest absolute Gasteiger partial charge is 0.0377 e. The number of fused-ring (bicyclic) bond motifs is 1. The fraction of sp³-hybridized carbons (Fsp3) is 0.400. The maximum Gasteiger partial charge on any atom is 0.0377 e. The molecule has 1 aliphatic rings. The Morgan fingerprint density at radius 1 is 1.62 bits per heavy atom. The maximum atomic E-state index is 3.50. The minimum Gasteiger partial charge on any atom is -0.384 e. The van der Waals surface area contributed by atoms with Gasteiger partial charge in [-0.1, -0.05) is 15.9 Å². The van der Waals surface area contributed by atoms with Gasteiger partial charge in [-0.15, -0.1) is 0 Å². The minimum absolute atomic E-state index is 0.609. The molecule has 2 nitrogen and oxygen atoms in total. The van der Waals surface area contributed by atoms with Crippen molar-refractivity contribution in [2.75, 3.05) is 25.5 Å². The molecule has 0 aliphatic carbocycles. The summed E-state index contributed by atoms with van der Waals surface area (Å²) in [7, 11) is 2.00. The lowest BCUT2D eigenvalue weighted by atomic mass is 10.0. The quantitative estimate of drug-likeness (QED) is 0.829. The molecule has 2 N–H and O–H groups in total. The Hall–Kier alpha value is -0.540. The largest absolute Gasteiger partial charge is 0.384 e. The molecule has 1 aromatic carbocycles. The first-order valence-corrected chi connectivity index (χ1v) is 5.28. The number of halogens is 1. The SMILES string of the molecule is CNCC1CNc2ccc(Br)cc21. The van der Waals surface area contributed by atoms with Crippen molar-refractivity contribution in [1.29, 1.82) is 0 Å². The van der Waals surface area contributed by atoms with E-state index in [4.69, 9.17) is 0 Å². The van der Waals surface area contributed by atoms with Crippen molar-refractivity contribution in [3.05, 3.63) is 28.2 Å². The molecule has 3 heteroatoms. The van der Waals surface area contributed by atoms with Crippen LogP contribution in [0.25, 0.3) is 0 Å². The van der Waals surface area contributed by atoms with E-state index >= 15 is 0 Å². The van der Waals surface area contributed by atoms with Crippen molar-refractivity contribution in [2.45, 2.75) is 5.92 Å². The number of rotatable bonds is 2. The van der Waals surface area contributed by atoms with Crippen molar-refractivity contribution in [3.63, 3.8) is 0 Å². The standard InChI is InChI=1S/C10H13BrN2/c1-12-5-7-6-13-10-3-2-8(11)4-9(7)10/h2-4,7,12-13H,5-6H2,1H3. The first-order chi connectivity index (χ1) is 6.31. The van der Waals surface area contributed by atoms with Gasteiger partial charge in [-0.25, -0.2) is 0 Å². The fourth-order valence-electron chi connectivity index (χ4n) is 1.80. The predicted molar refractivity (Wildman–Crippen MR) is 59.3 cm³/mol. The van der Waals surface area contributed by atoms with Gasteiger partial charge in [0.25, 0.3) is 0 Å². The van der Waals surface area contributed by atoms with Crippen LogP contribution in [0.5, 0.6) is 0 Å². The van der Waals surface area contributed by atoms with Crippen molar-refractivity contribution in [1.82, 2.24) is 5.32 Å². The van der Waals surface area contributed by atoms with Crippen LogP contribution in [0, 0.1) is 0 Å². The van der Waals surface area contributed by atoms with E-state index in [1.807, 2.05) is 7.05 Å². The average molecular weight is 241 g/mol. The highest BCUT2D eigenvalue weighted by atomic mass is 79.9. The molecular weight excluding hydrogens is 228 g/mol. The van der Waals surface area contributed by atoms with Gasteiger partial charge < -0.3 is 10.6 Å². The van der Waals surface area contributed by atoms with E-state index in [0.29, 0.717) is 5.92 Å². The summed E-state index contributed by atoms with van der Waals surface area (Å²) in [6, 6.07) is 6.42. The molecule has 1 atom stereocenters. The second-order valence-electron chi connectivity index (χ2n) is 3.37. The monoisotopic (exact) mass is 240 g/mol. The molecule has 0 spiro atoms. The van der Waals surface area contributed by atoms with Crippen LogP contribution in [0.2, 0.25) is 0 Å². The fourth-order valence-corrected chi connectivity index (χ4v) is 2.18. The van der Waals surface area contributed by atoms with E-state index in [0.717, 1.165) is 17.6 Å². The second kappa shape index (κ2) is 3.68. The molecule has 70 valence electrons. The number of anilines is 1. The van der Waals surface area contributed by atoms with Crippen LogP contribution in [0.3, 0.4) is 0 Å². The van der Waals surface area contributed by atoms with Gasteiger partial charge >= 0.3 is 0 Å². The summed E-state index contributed by atoms with van der Waals surface area (Å²) in [5.41, 5.74) is 2.70. The maximum absolute atomic E-state index is 3.50. The summed E-state index contributed by atoms with van der Waals surface area (Å²) in [5.74, 6) is 0.609. The molecule has 0 aromatic heterocycles. The third-order valence-corrected chi connectivity index (χ3v) is 2.94. The average Bonchev–Trinajstić information content (AvgIpc) is 2.49. The van der Waals surface area contributed by atoms with Crippen LogP contribution in [0.15, 0.2) is 22.7 Å². The van der Waals surface area contributed by atoms with E-state index < -0.39 is 0 Å². The van der Waals surface area contributed by atoms with E-state index in [9.17, 15) is 0 Å². The molecule has 0 amide bonds. The molecule has 13 heavy (non-hydrogen) atoms. The van der Waals surface area contributed by atoms with E-state index in [-0.39, 0.29) is 0 Å². The van der Waals surface area contributed by atoms with E-state index in [1.54, 1.807) is 0 Å². The molecule has 1 aromatic rings. The molecule has 1 unspecified atom stereocenters. The lowest BCUT2D eigenvalue weighted by molar-refractivity contribution is 0.674. The van der Waals surface area contributed by atoms with Gasteiger partial charge in [0.1, 0.15) is 0 Å². The van der Waals surface area contributed by atoms with Crippen molar-refractivity contribution in [3.8, 4) is 0 Å². The Bertz CT molecular complexity index is 310. The zero-order valence-electron chi connectivity index (χ0n) is 7.60. The third-order valence-electron chi connectivity index (χ3n) is 2.44. The van der Waals surface area contributed by atoms with E-state index in [2.05, 4.69) is 44.8 Å². The molecule has 0 saturated heterocycles. The molecular formula is C10H13BrN2.